The molecule has 1 amide bonds. The number of aryl methyl sites for hydroxylation is 1. The molecular weight excluding hydrogens is 326 g/mol. The molecule has 0 saturated heterocycles. The highest BCUT2D eigenvalue weighted by Gasteiger charge is 2.08. The van der Waals surface area contributed by atoms with Gasteiger partial charge in [0.1, 0.15) is 11.6 Å². The summed E-state index contributed by atoms with van der Waals surface area (Å²) in [5.74, 6) is 1.44. The molecule has 0 unspecified atom stereocenters. The summed E-state index contributed by atoms with van der Waals surface area (Å²) in [4.78, 5) is 16.7. The predicted octanol–water partition coefficient (Wildman–Crippen LogP) is 4.26. The fraction of sp³-hybridized carbons (Fsp3) is 0.143. The van der Waals surface area contributed by atoms with Crippen molar-refractivity contribution in [2.75, 3.05) is 17.7 Å². The molecule has 0 radical (unpaired) electrons. The molecule has 26 heavy (non-hydrogen) atoms. The first-order valence-corrected chi connectivity index (χ1v) is 8.35. The van der Waals surface area contributed by atoms with E-state index in [1.165, 1.54) is 0 Å². The summed E-state index contributed by atoms with van der Waals surface area (Å²) in [6, 6.07) is 19.0. The molecule has 0 fully saturated rings. The maximum Gasteiger partial charge on any atom is 0.255 e. The summed E-state index contributed by atoms with van der Waals surface area (Å²) < 4.78 is 5.15. The fourth-order valence-corrected chi connectivity index (χ4v) is 2.53. The number of pyridine rings is 1. The monoisotopic (exact) mass is 347 g/mol. The van der Waals surface area contributed by atoms with Gasteiger partial charge in [-0.05, 0) is 48.4 Å². The molecule has 5 heteroatoms. The predicted molar refractivity (Wildman–Crippen MR) is 104 cm³/mol. The van der Waals surface area contributed by atoms with Crippen LogP contribution < -0.4 is 15.4 Å². The summed E-state index contributed by atoms with van der Waals surface area (Å²) in [6.07, 6.45) is 1.65. The van der Waals surface area contributed by atoms with Gasteiger partial charge in [0.2, 0.25) is 0 Å². The number of carbonyl (C=O) groups excluding carboxylic acids is 1. The van der Waals surface area contributed by atoms with Crippen LogP contribution in [0.15, 0.2) is 66.9 Å². The molecule has 5 nitrogen and oxygen atoms in total. The summed E-state index contributed by atoms with van der Waals surface area (Å²) in [6.45, 7) is 2.57. The third-order valence-corrected chi connectivity index (χ3v) is 4.04. The lowest BCUT2D eigenvalue weighted by atomic mass is 10.1. The average Bonchev–Trinajstić information content (AvgIpc) is 2.68. The minimum absolute atomic E-state index is 0.135. The molecule has 0 atom stereocenters. The molecule has 2 N–H and O–H groups in total. The van der Waals surface area contributed by atoms with Crippen LogP contribution >= 0.6 is 0 Å². The number of anilines is 2. The third kappa shape index (κ3) is 4.39. The molecule has 3 rings (SSSR count). The highest BCUT2D eigenvalue weighted by atomic mass is 16.5. The number of nitrogens with one attached hydrogen (secondary N) is 2. The molecule has 0 aliphatic heterocycles. The van der Waals surface area contributed by atoms with Gasteiger partial charge in [0.15, 0.2) is 0 Å². The van der Waals surface area contributed by atoms with Crippen molar-refractivity contribution in [1.29, 1.82) is 0 Å². The van der Waals surface area contributed by atoms with Crippen LogP contribution in [0.5, 0.6) is 5.75 Å². The lowest BCUT2D eigenvalue weighted by molar-refractivity contribution is 0.102. The molecule has 3 aromatic rings. The number of hydrogen-bond donors (Lipinski definition) is 2. The standard InChI is InChI=1S/C21H21N3O2/c1-15-5-3-4-6-19(15)21(25)24-17-9-12-20(23-14-17)22-13-16-7-10-18(26-2)11-8-16/h3-12,14H,13H2,1-2H3,(H,22,23)(H,24,25). The third-order valence-electron chi connectivity index (χ3n) is 4.04. The number of ether oxygens (including phenoxy) is 1. The number of hydrogen-bond acceptors (Lipinski definition) is 4. The van der Waals surface area contributed by atoms with E-state index in [9.17, 15) is 4.79 Å². The van der Waals surface area contributed by atoms with Crippen LogP contribution in [0.4, 0.5) is 11.5 Å². The van der Waals surface area contributed by atoms with Crippen LogP contribution in [0, 0.1) is 6.92 Å². The van der Waals surface area contributed by atoms with E-state index in [1.807, 2.05) is 67.6 Å². The molecule has 2 aromatic carbocycles. The number of rotatable bonds is 6. The van der Waals surface area contributed by atoms with Gasteiger partial charge in [-0.3, -0.25) is 4.79 Å². The van der Waals surface area contributed by atoms with Gasteiger partial charge in [0, 0.05) is 12.1 Å². The van der Waals surface area contributed by atoms with Crippen molar-refractivity contribution in [2.24, 2.45) is 0 Å². The van der Waals surface area contributed by atoms with Crippen LogP contribution in [-0.2, 0) is 6.54 Å². The SMILES string of the molecule is COc1ccc(CNc2ccc(NC(=O)c3ccccc3C)cn2)cc1. The lowest BCUT2D eigenvalue weighted by Gasteiger charge is -2.09. The van der Waals surface area contributed by atoms with Gasteiger partial charge in [-0.15, -0.1) is 0 Å². The van der Waals surface area contributed by atoms with Gasteiger partial charge >= 0.3 is 0 Å². The second-order valence-corrected chi connectivity index (χ2v) is 5.90. The van der Waals surface area contributed by atoms with Crippen LogP contribution in [-0.4, -0.2) is 18.0 Å². The maximum absolute atomic E-state index is 12.3. The molecule has 132 valence electrons. The summed E-state index contributed by atoms with van der Waals surface area (Å²) >= 11 is 0. The molecule has 0 bridgehead atoms. The lowest BCUT2D eigenvalue weighted by Crippen LogP contribution is -2.13. The van der Waals surface area contributed by atoms with Crippen LogP contribution in [0.1, 0.15) is 21.5 Å². The molecule has 1 heterocycles. The Hall–Kier alpha value is -3.34. The van der Waals surface area contributed by atoms with Crippen molar-refractivity contribution in [3.05, 3.63) is 83.6 Å². The van der Waals surface area contributed by atoms with Crippen molar-refractivity contribution in [3.63, 3.8) is 0 Å². The van der Waals surface area contributed by atoms with Gasteiger partial charge in [0.05, 0.1) is 19.0 Å². The average molecular weight is 347 g/mol. The number of amides is 1. The smallest absolute Gasteiger partial charge is 0.255 e. The van der Waals surface area contributed by atoms with Crippen LogP contribution in [0.2, 0.25) is 0 Å². The zero-order chi connectivity index (χ0) is 18.4. The van der Waals surface area contributed by atoms with Gasteiger partial charge < -0.3 is 15.4 Å². The number of nitrogens with zero attached hydrogens (tertiary/aromatic N) is 1. The fourth-order valence-electron chi connectivity index (χ4n) is 2.53. The van der Waals surface area contributed by atoms with Crippen LogP contribution in [0.25, 0.3) is 0 Å². The number of carbonyl (C=O) groups is 1. The van der Waals surface area contributed by atoms with E-state index in [0.29, 0.717) is 17.8 Å². The number of aromatic nitrogens is 1. The van der Waals surface area contributed by atoms with Gasteiger partial charge in [-0.25, -0.2) is 4.98 Å². The zero-order valence-electron chi connectivity index (χ0n) is 14.8. The maximum atomic E-state index is 12.3. The minimum atomic E-state index is -0.135. The van der Waals surface area contributed by atoms with E-state index < -0.39 is 0 Å². The van der Waals surface area contributed by atoms with Gasteiger partial charge in [0.25, 0.3) is 5.91 Å². The highest BCUT2D eigenvalue weighted by molar-refractivity contribution is 6.05. The Balaban J connectivity index is 1.57. The van der Waals surface area contributed by atoms with Crippen molar-refractivity contribution >= 4 is 17.4 Å². The first-order valence-electron chi connectivity index (χ1n) is 8.35. The Kier molecular flexibility index (Phi) is 5.49. The first-order chi connectivity index (χ1) is 12.7. The quantitative estimate of drug-likeness (QED) is 0.699. The Labute approximate surface area is 153 Å². The minimum Gasteiger partial charge on any atom is -0.497 e. The van der Waals surface area contributed by atoms with E-state index in [1.54, 1.807) is 13.3 Å². The zero-order valence-corrected chi connectivity index (χ0v) is 14.8. The normalized spacial score (nSPS) is 10.2. The molecular formula is C21H21N3O2. The Morgan fingerprint density at radius 2 is 1.81 bits per heavy atom. The van der Waals surface area contributed by atoms with Crippen molar-refractivity contribution < 1.29 is 9.53 Å². The van der Waals surface area contributed by atoms with Gasteiger partial charge in [-0.2, -0.15) is 0 Å². The molecule has 1 aromatic heterocycles. The molecule has 0 aliphatic rings. The molecule has 0 aliphatic carbocycles. The van der Waals surface area contributed by atoms with Crippen molar-refractivity contribution in [3.8, 4) is 5.75 Å². The van der Waals surface area contributed by atoms with E-state index >= 15 is 0 Å². The summed E-state index contributed by atoms with van der Waals surface area (Å²) in [5, 5.41) is 6.12. The topological polar surface area (TPSA) is 63.2 Å². The number of benzene rings is 2. The van der Waals surface area contributed by atoms with E-state index in [2.05, 4.69) is 15.6 Å². The van der Waals surface area contributed by atoms with E-state index in [-0.39, 0.29) is 5.91 Å². The Morgan fingerprint density at radius 1 is 1.04 bits per heavy atom. The molecule has 0 spiro atoms. The Bertz CT molecular complexity index is 875. The van der Waals surface area contributed by atoms with E-state index in [4.69, 9.17) is 4.74 Å². The van der Waals surface area contributed by atoms with Crippen molar-refractivity contribution in [1.82, 2.24) is 4.98 Å². The highest BCUT2D eigenvalue weighted by Crippen LogP contribution is 2.15. The Morgan fingerprint density at radius 3 is 2.46 bits per heavy atom. The van der Waals surface area contributed by atoms with Crippen LogP contribution in [0.3, 0.4) is 0 Å². The number of methoxy groups -OCH3 is 1. The second-order valence-electron chi connectivity index (χ2n) is 5.90. The first kappa shape index (κ1) is 17.5. The van der Waals surface area contributed by atoms with E-state index in [0.717, 1.165) is 22.7 Å². The summed E-state index contributed by atoms with van der Waals surface area (Å²) in [7, 11) is 1.65. The van der Waals surface area contributed by atoms with Gasteiger partial charge in [-0.1, -0.05) is 30.3 Å². The molecule has 0 saturated carbocycles. The second kappa shape index (κ2) is 8.16. The largest absolute Gasteiger partial charge is 0.497 e. The van der Waals surface area contributed by atoms with Crippen molar-refractivity contribution in [2.45, 2.75) is 13.5 Å². The summed E-state index contributed by atoms with van der Waals surface area (Å²) in [5.41, 5.74) is 3.39.